The minimum atomic E-state index is 0.480. The summed E-state index contributed by atoms with van der Waals surface area (Å²) < 4.78 is 1.79. The van der Waals surface area contributed by atoms with E-state index in [1.807, 2.05) is 12.1 Å². The van der Waals surface area contributed by atoms with Crippen LogP contribution in [0.3, 0.4) is 0 Å². The maximum Gasteiger partial charge on any atom is 0.133 e. The molecule has 4 rings (SSSR count). The molecule has 0 aliphatic carbocycles. The maximum absolute atomic E-state index is 6.34. The third-order valence-corrected chi connectivity index (χ3v) is 4.43. The van der Waals surface area contributed by atoms with E-state index in [9.17, 15) is 0 Å². The van der Waals surface area contributed by atoms with E-state index >= 15 is 0 Å². The van der Waals surface area contributed by atoms with Gasteiger partial charge in [-0.3, -0.25) is 9.97 Å². The monoisotopic (exact) mass is 331 g/mol. The van der Waals surface area contributed by atoms with Crippen LogP contribution in [0.4, 0.5) is 5.82 Å². The molecule has 2 aromatic heterocycles. The summed E-state index contributed by atoms with van der Waals surface area (Å²) in [6.45, 7) is 0.860. The maximum atomic E-state index is 6.34. The van der Waals surface area contributed by atoms with Crippen LogP contribution in [0.1, 0.15) is 5.56 Å². The molecule has 3 heterocycles. The van der Waals surface area contributed by atoms with E-state index in [0.29, 0.717) is 10.0 Å². The van der Waals surface area contributed by atoms with Crippen molar-refractivity contribution in [3.63, 3.8) is 0 Å². The molecule has 0 fully saturated rings. The zero-order chi connectivity index (χ0) is 15.1. The van der Waals surface area contributed by atoms with Gasteiger partial charge in [0.25, 0.3) is 0 Å². The van der Waals surface area contributed by atoms with Crippen molar-refractivity contribution in [1.82, 2.24) is 19.7 Å². The zero-order valence-electron chi connectivity index (χ0n) is 11.4. The van der Waals surface area contributed by atoms with Crippen molar-refractivity contribution in [2.45, 2.75) is 6.42 Å². The van der Waals surface area contributed by atoms with E-state index in [1.165, 1.54) is 0 Å². The van der Waals surface area contributed by atoms with Crippen LogP contribution in [0, 0.1) is 0 Å². The third kappa shape index (κ3) is 2.05. The second kappa shape index (κ2) is 5.26. The highest BCUT2D eigenvalue weighted by Gasteiger charge is 2.25. The number of hydrogen-bond acceptors (Lipinski definition) is 4. The van der Waals surface area contributed by atoms with Gasteiger partial charge in [0, 0.05) is 24.5 Å². The van der Waals surface area contributed by atoms with E-state index in [4.69, 9.17) is 23.2 Å². The molecule has 0 unspecified atom stereocenters. The van der Waals surface area contributed by atoms with Gasteiger partial charge in [0.1, 0.15) is 17.2 Å². The van der Waals surface area contributed by atoms with Crippen LogP contribution in [-0.2, 0) is 6.42 Å². The molecule has 3 aromatic rings. The number of nitrogens with one attached hydrogen (secondary N) is 1. The number of nitrogens with zero attached hydrogens (tertiary/aromatic N) is 4. The Morgan fingerprint density at radius 2 is 2.09 bits per heavy atom. The van der Waals surface area contributed by atoms with Gasteiger partial charge in [-0.05, 0) is 18.6 Å². The first-order valence-electron chi connectivity index (χ1n) is 6.82. The lowest BCUT2D eigenvalue weighted by Gasteiger charge is -2.09. The van der Waals surface area contributed by atoms with Gasteiger partial charge in [-0.1, -0.05) is 29.3 Å². The molecule has 1 N–H and O–H groups in total. The Hall–Kier alpha value is -2.11. The standard InChI is InChI=1S/C15H11Cl2N5/c16-10-2-1-3-12(13(10)17)22-15-9(4-5-20-15)14(21-22)11-8-18-6-7-19-11/h1-3,6-8,20H,4-5H2. The summed E-state index contributed by atoms with van der Waals surface area (Å²) >= 11 is 12.5. The van der Waals surface area contributed by atoms with Crippen LogP contribution in [0.2, 0.25) is 10.0 Å². The summed E-state index contributed by atoms with van der Waals surface area (Å²) in [4.78, 5) is 8.47. The number of benzene rings is 1. The molecule has 0 saturated carbocycles. The minimum absolute atomic E-state index is 0.480. The smallest absolute Gasteiger partial charge is 0.133 e. The molecule has 5 nitrogen and oxygen atoms in total. The Morgan fingerprint density at radius 1 is 1.18 bits per heavy atom. The van der Waals surface area contributed by atoms with Gasteiger partial charge in [0.15, 0.2) is 0 Å². The highest BCUT2D eigenvalue weighted by Crippen LogP contribution is 2.36. The van der Waals surface area contributed by atoms with Crippen molar-refractivity contribution < 1.29 is 0 Å². The average molecular weight is 332 g/mol. The van der Waals surface area contributed by atoms with Crippen LogP contribution >= 0.6 is 23.2 Å². The number of hydrogen-bond donors (Lipinski definition) is 1. The molecular weight excluding hydrogens is 321 g/mol. The summed E-state index contributed by atoms with van der Waals surface area (Å²) in [7, 11) is 0. The second-order valence-corrected chi connectivity index (χ2v) is 5.71. The van der Waals surface area contributed by atoms with E-state index in [2.05, 4.69) is 20.4 Å². The lowest BCUT2D eigenvalue weighted by Crippen LogP contribution is -2.05. The lowest BCUT2D eigenvalue weighted by molar-refractivity contribution is 0.879. The topological polar surface area (TPSA) is 55.6 Å². The Labute approximate surface area is 136 Å². The van der Waals surface area contributed by atoms with Crippen LogP contribution in [0.5, 0.6) is 0 Å². The fourth-order valence-electron chi connectivity index (χ4n) is 2.63. The zero-order valence-corrected chi connectivity index (χ0v) is 12.9. The molecular formula is C15H11Cl2N5. The van der Waals surface area contributed by atoms with Gasteiger partial charge in [-0.15, -0.1) is 0 Å². The predicted octanol–water partition coefficient (Wildman–Crippen LogP) is 3.60. The molecule has 0 saturated heterocycles. The van der Waals surface area contributed by atoms with Gasteiger partial charge in [0.05, 0.1) is 21.9 Å². The van der Waals surface area contributed by atoms with Gasteiger partial charge in [0.2, 0.25) is 0 Å². The van der Waals surface area contributed by atoms with E-state index in [1.54, 1.807) is 29.3 Å². The van der Waals surface area contributed by atoms with Crippen molar-refractivity contribution in [1.29, 1.82) is 0 Å². The predicted molar refractivity (Wildman–Crippen MR) is 86.8 cm³/mol. The fourth-order valence-corrected chi connectivity index (χ4v) is 3.01. The van der Waals surface area contributed by atoms with Crippen molar-refractivity contribution in [3.05, 3.63) is 52.4 Å². The van der Waals surface area contributed by atoms with E-state index in [-0.39, 0.29) is 0 Å². The number of rotatable bonds is 2. The fraction of sp³-hybridized carbons (Fsp3) is 0.133. The molecule has 1 aliphatic heterocycles. The Kier molecular flexibility index (Phi) is 3.24. The lowest BCUT2D eigenvalue weighted by atomic mass is 10.1. The number of fused-ring (bicyclic) bond motifs is 1. The van der Waals surface area contributed by atoms with Crippen LogP contribution in [-0.4, -0.2) is 26.3 Å². The largest absolute Gasteiger partial charge is 0.369 e. The summed E-state index contributed by atoms with van der Waals surface area (Å²) in [6.07, 6.45) is 5.91. The molecule has 0 spiro atoms. The Morgan fingerprint density at radius 3 is 2.91 bits per heavy atom. The minimum Gasteiger partial charge on any atom is -0.369 e. The van der Waals surface area contributed by atoms with Crippen molar-refractivity contribution in [2.75, 3.05) is 11.9 Å². The van der Waals surface area contributed by atoms with Gasteiger partial charge in [-0.25, -0.2) is 4.68 Å². The Bertz CT molecular complexity index is 845. The van der Waals surface area contributed by atoms with Gasteiger partial charge >= 0.3 is 0 Å². The molecule has 1 aliphatic rings. The summed E-state index contributed by atoms with van der Waals surface area (Å²) in [5.74, 6) is 0.935. The van der Waals surface area contributed by atoms with Crippen LogP contribution in [0.25, 0.3) is 17.1 Å². The molecule has 1 aromatic carbocycles. The summed E-state index contributed by atoms with van der Waals surface area (Å²) in [5, 5.41) is 9.02. The van der Waals surface area contributed by atoms with E-state index < -0.39 is 0 Å². The first-order chi connectivity index (χ1) is 10.8. The van der Waals surface area contributed by atoms with Gasteiger partial charge < -0.3 is 5.32 Å². The molecule has 0 bridgehead atoms. The van der Waals surface area contributed by atoms with Gasteiger partial charge in [-0.2, -0.15) is 5.10 Å². The quantitative estimate of drug-likeness (QED) is 0.779. The normalized spacial score (nSPS) is 13.0. The molecule has 0 atom stereocenters. The molecule has 110 valence electrons. The summed E-state index contributed by atoms with van der Waals surface area (Å²) in [6, 6.07) is 5.50. The number of anilines is 1. The molecule has 0 radical (unpaired) electrons. The number of aromatic nitrogens is 4. The highest BCUT2D eigenvalue weighted by molar-refractivity contribution is 6.43. The first-order valence-corrected chi connectivity index (χ1v) is 7.58. The van der Waals surface area contributed by atoms with Crippen molar-refractivity contribution >= 4 is 29.0 Å². The third-order valence-electron chi connectivity index (χ3n) is 3.62. The first kappa shape index (κ1) is 13.5. The molecule has 0 amide bonds. The van der Waals surface area contributed by atoms with Crippen LogP contribution in [0.15, 0.2) is 36.8 Å². The second-order valence-electron chi connectivity index (χ2n) is 4.93. The SMILES string of the molecule is Clc1cccc(-n2nc(-c3cnccn3)c3c2NCC3)c1Cl. The Balaban J connectivity index is 1.94. The molecule has 22 heavy (non-hydrogen) atoms. The summed E-state index contributed by atoms with van der Waals surface area (Å²) in [5.41, 5.74) is 3.44. The molecule has 7 heteroatoms. The number of halogens is 2. The highest BCUT2D eigenvalue weighted by atomic mass is 35.5. The average Bonchev–Trinajstić information content (AvgIpc) is 3.13. The van der Waals surface area contributed by atoms with Crippen molar-refractivity contribution in [2.24, 2.45) is 0 Å². The van der Waals surface area contributed by atoms with Crippen molar-refractivity contribution in [3.8, 4) is 17.1 Å². The van der Waals surface area contributed by atoms with E-state index in [0.717, 1.165) is 41.4 Å². The van der Waals surface area contributed by atoms with Crippen LogP contribution < -0.4 is 5.32 Å².